The van der Waals surface area contributed by atoms with Crippen molar-refractivity contribution < 1.29 is 4.79 Å². The average molecular weight is 273 g/mol. The van der Waals surface area contributed by atoms with E-state index < -0.39 is 0 Å². The predicted octanol–water partition coefficient (Wildman–Crippen LogP) is 3.20. The van der Waals surface area contributed by atoms with E-state index in [0.29, 0.717) is 33.9 Å². The number of nitrogen functional groups attached to an aromatic ring is 1. The molecule has 0 radical (unpaired) electrons. The van der Waals surface area contributed by atoms with Gasteiger partial charge in [0, 0.05) is 18.2 Å². The van der Waals surface area contributed by atoms with Crippen LogP contribution in [0.4, 0.5) is 5.69 Å². The minimum absolute atomic E-state index is 0.0289. The van der Waals surface area contributed by atoms with Crippen molar-refractivity contribution in [2.75, 3.05) is 12.3 Å². The Kier molecular flexibility index (Phi) is 3.50. The Morgan fingerprint density at radius 3 is 2.35 bits per heavy atom. The van der Waals surface area contributed by atoms with E-state index in [2.05, 4.69) is 0 Å². The van der Waals surface area contributed by atoms with Crippen molar-refractivity contribution in [1.82, 2.24) is 4.90 Å². The monoisotopic (exact) mass is 272 g/mol. The van der Waals surface area contributed by atoms with Crippen LogP contribution in [0.3, 0.4) is 0 Å². The first kappa shape index (κ1) is 12.5. The summed E-state index contributed by atoms with van der Waals surface area (Å²) in [6, 6.07) is 3.54. The van der Waals surface area contributed by atoms with Gasteiger partial charge >= 0.3 is 0 Å². The van der Waals surface area contributed by atoms with Crippen molar-refractivity contribution in [3.8, 4) is 0 Å². The number of amides is 1. The Hall–Kier alpha value is -0.930. The van der Waals surface area contributed by atoms with E-state index in [4.69, 9.17) is 28.9 Å². The van der Waals surface area contributed by atoms with Crippen molar-refractivity contribution >= 4 is 34.8 Å². The molecule has 5 heteroatoms. The lowest BCUT2D eigenvalue weighted by Crippen LogP contribution is -2.32. The highest BCUT2D eigenvalue weighted by Gasteiger charge is 2.32. The molecule has 1 aromatic carbocycles. The van der Waals surface area contributed by atoms with Gasteiger partial charge in [-0.15, -0.1) is 0 Å². The van der Waals surface area contributed by atoms with Gasteiger partial charge in [0.05, 0.1) is 15.7 Å². The van der Waals surface area contributed by atoms with Gasteiger partial charge in [-0.2, -0.15) is 0 Å². The molecular weight excluding hydrogens is 259 g/mol. The summed E-state index contributed by atoms with van der Waals surface area (Å²) in [5.74, 6) is -0.0289. The summed E-state index contributed by atoms with van der Waals surface area (Å²) in [5.41, 5.74) is 6.46. The Morgan fingerprint density at radius 1 is 1.41 bits per heavy atom. The van der Waals surface area contributed by atoms with E-state index in [-0.39, 0.29) is 5.91 Å². The molecule has 1 aliphatic carbocycles. The summed E-state index contributed by atoms with van der Waals surface area (Å²) in [4.78, 5) is 14.1. The van der Waals surface area contributed by atoms with Gasteiger partial charge in [0.25, 0.3) is 5.91 Å². The van der Waals surface area contributed by atoms with Crippen LogP contribution in [0.25, 0.3) is 0 Å². The predicted molar refractivity (Wildman–Crippen MR) is 70.6 cm³/mol. The van der Waals surface area contributed by atoms with Crippen molar-refractivity contribution in [3.63, 3.8) is 0 Å². The van der Waals surface area contributed by atoms with E-state index in [9.17, 15) is 4.79 Å². The maximum Gasteiger partial charge on any atom is 0.254 e. The van der Waals surface area contributed by atoms with Crippen LogP contribution in [-0.2, 0) is 0 Å². The van der Waals surface area contributed by atoms with E-state index in [1.807, 2.05) is 11.8 Å². The lowest BCUT2D eigenvalue weighted by molar-refractivity contribution is 0.0752. The Morgan fingerprint density at radius 2 is 1.94 bits per heavy atom. The normalized spacial score (nSPS) is 14.8. The number of halogens is 2. The number of hydrogen-bond acceptors (Lipinski definition) is 2. The number of nitrogens with two attached hydrogens (primary N) is 1. The number of hydrogen-bond donors (Lipinski definition) is 1. The summed E-state index contributed by atoms with van der Waals surface area (Å²) >= 11 is 11.9. The molecule has 0 saturated heterocycles. The van der Waals surface area contributed by atoms with Crippen LogP contribution < -0.4 is 5.73 Å². The quantitative estimate of drug-likeness (QED) is 0.859. The molecule has 1 saturated carbocycles. The fraction of sp³-hybridized carbons (Fsp3) is 0.417. The Bertz CT molecular complexity index is 435. The van der Waals surface area contributed by atoms with Gasteiger partial charge in [0.2, 0.25) is 0 Å². The maximum atomic E-state index is 12.2. The number of rotatable bonds is 3. The van der Waals surface area contributed by atoms with Crippen LogP contribution in [0.5, 0.6) is 0 Å². The van der Waals surface area contributed by atoms with Crippen molar-refractivity contribution in [3.05, 3.63) is 27.7 Å². The second kappa shape index (κ2) is 4.75. The lowest BCUT2D eigenvalue weighted by atomic mass is 10.1. The Labute approximate surface area is 110 Å². The molecule has 17 heavy (non-hydrogen) atoms. The SMILES string of the molecule is CCN(C(=O)c1cc(Cl)c(N)c(Cl)c1)C1CC1. The van der Waals surface area contributed by atoms with Gasteiger partial charge in [0.15, 0.2) is 0 Å². The largest absolute Gasteiger partial charge is 0.396 e. The molecule has 1 fully saturated rings. The molecular formula is C12H14Cl2N2O. The zero-order chi connectivity index (χ0) is 12.6. The first-order valence-corrected chi connectivity index (χ1v) is 6.35. The highest BCUT2D eigenvalue weighted by Crippen LogP contribution is 2.32. The van der Waals surface area contributed by atoms with Crippen molar-refractivity contribution in [2.45, 2.75) is 25.8 Å². The molecule has 1 amide bonds. The summed E-state index contributed by atoms with van der Waals surface area (Å²) in [7, 11) is 0. The molecule has 0 heterocycles. The zero-order valence-corrected chi connectivity index (χ0v) is 11.1. The molecule has 2 rings (SSSR count). The van der Waals surface area contributed by atoms with Crippen molar-refractivity contribution in [2.24, 2.45) is 0 Å². The molecule has 0 spiro atoms. The van der Waals surface area contributed by atoms with E-state index in [0.717, 1.165) is 12.8 Å². The molecule has 0 bridgehead atoms. The molecule has 92 valence electrons. The van der Waals surface area contributed by atoms with Gasteiger partial charge in [-0.3, -0.25) is 4.79 Å². The first-order chi connectivity index (χ1) is 8.04. The minimum atomic E-state index is -0.0289. The second-order valence-electron chi connectivity index (χ2n) is 4.18. The van der Waals surface area contributed by atoms with E-state index in [1.165, 1.54) is 0 Å². The molecule has 0 unspecified atom stereocenters. The number of benzene rings is 1. The number of nitrogens with zero attached hydrogens (tertiary/aromatic N) is 1. The third kappa shape index (κ3) is 2.50. The van der Waals surface area contributed by atoms with E-state index in [1.54, 1.807) is 12.1 Å². The standard InChI is InChI=1S/C12H14Cl2N2O/c1-2-16(8-3-4-8)12(17)7-5-9(13)11(15)10(14)6-7/h5-6,8H,2-4,15H2,1H3. The van der Waals surface area contributed by atoms with Crippen LogP contribution in [0.1, 0.15) is 30.1 Å². The van der Waals surface area contributed by atoms with E-state index >= 15 is 0 Å². The number of anilines is 1. The van der Waals surface area contributed by atoms with Gasteiger partial charge in [-0.05, 0) is 31.9 Å². The van der Waals surface area contributed by atoms with Crippen LogP contribution in [0, 0.1) is 0 Å². The number of carbonyl (C=O) groups is 1. The summed E-state index contributed by atoms with van der Waals surface area (Å²) in [6.45, 7) is 2.67. The fourth-order valence-corrected chi connectivity index (χ4v) is 2.31. The molecule has 3 nitrogen and oxygen atoms in total. The molecule has 0 aliphatic heterocycles. The molecule has 0 atom stereocenters. The molecule has 1 aromatic rings. The third-order valence-electron chi connectivity index (χ3n) is 2.92. The molecule has 0 aromatic heterocycles. The molecule has 1 aliphatic rings. The van der Waals surface area contributed by atoms with Crippen LogP contribution in [0.2, 0.25) is 10.0 Å². The van der Waals surface area contributed by atoms with Crippen LogP contribution in [-0.4, -0.2) is 23.4 Å². The van der Waals surface area contributed by atoms with Crippen LogP contribution in [0.15, 0.2) is 12.1 Å². The summed E-state index contributed by atoms with van der Waals surface area (Å²) < 4.78 is 0. The van der Waals surface area contributed by atoms with Gasteiger partial charge in [-0.1, -0.05) is 23.2 Å². The number of carbonyl (C=O) groups excluding carboxylic acids is 1. The van der Waals surface area contributed by atoms with Crippen LogP contribution >= 0.6 is 23.2 Å². The van der Waals surface area contributed by atoms with Gasteiger partial charge in [-0.25, -0.2) is 0 Å². The van der Waals surface area contributed by atoms with Gasteiger partial charge in [0.1, 0.15) is 0 Å². The van der Waals surface area contributed by atoms with Crippen molar-refractivity contribution in [1.29, 1.82) is 0 Å². The lowest BCUT2D eigenvalue weighted by Gasteiger charge is -2.20. The summed E-state index contributed by atoms with van der Waals surface area (Å²) in [5, 5.41) is 0.653. The fourth-order valence-electron chi connectivity index (χ4n) is 1.83. The maximum absolute atomic E-state index is 12.2. The van der Waals surface area contributed by atoms with Gasteiger partial charge < -0.3 is 10.6 Å². The zero-order valence-electron chi connectivity index (χ0n) is 9.54. The second-order valence-corrected chi connectivity index (χ2v) is 4.99. The smallest absolute Gasteiger partial charge is 0.254 e. The highest BCUT2D eigenvalue weighted by molar-refractivity contribution is 6.39. The topological polar surface area (TPSA) is 46.3 Å². The summed E-state index contributed by atoms with van der Waals surface area (Å²) in [6.07, 6.45) is 2.16. The first-order valence-electron chi connectivity index (χ1n) is 5.60. The average Bonchev–Trinajstić information content (AvgIpc) is 3.10. The molecule has 2 N–H and O–H groups in total. The highest BCUT2D eigenvalue weighted by atomic mass is 35.5. The minimum Gasteiger partial charge on any atom is -0.396 e. The Balaban J connectivity index is 2.30. The third-order valence-corrected chi connectivity index (χ3v) is 3.54.